The second kappa shape index (κ2) is 5.57. The van der Waals surface area contributed by atoms with Crippen molar-refractivity contribution in [2.45, 2.75) is 38.0 Å². The van der Waals surface area contributed by atoms with Gasteiger partial charge in [0, 0.05) is 5.25 Å². The first-order valence-electron chi connectivity index (χ1n) is 6.09. The summed E-state index contributed by atoms with van der Waals surface area (Å²) in [5.74, 6) is 1.13. The van der Waals surface area contributed by atoms with Gasteiger partial charge >= 0.3 is 0 Å². The van der Waals surface area contributed by atoms with Crippen LogP contribution in [0.5, 0.6) is 0 Å². The average Bonchev–Trinajstić information content (AvgIpc) is 2.79. The molecule has 2 heterocycles. The van der Waals surface area contributed by atoms with Crippen LogP contribution in [0.3, 0.4) is 0 Å². The molecule has 5 heteroatoms. The first-order chi connectivity index (χ1) is 8.99. The summed E-state index contributed by atoms with van der Waals surface area (Å²) in [5.41, 5.74) is 1.30. The van der Waals surface area contributed by atoms with Crippen molar-refractivity contribution in [1.82, 2.24) is 9.97 Å². The van der Waals surface area contributed by atoms with Crippen LogP contribution in [0.4, 0.5) is 0 Å². The Morgan fingerprint density at radius 1 is 1.37 bits per heavy atom. The molecule has 100 valence electrons. The molecule has 0 radical (unpaired) electrons. The summed E-state index contributed by atoms with van der Waals surface area (Å²) in [4.78, 5) is 20.6. The zero-order valence-corrected chi connectivity index (χ0v) is 12.2. The van der Waals surface area contributed by atoms with Gasteiger partial charge < -0.3 is 4.42 Å². The Bertz CT molecular complexity index is 592. The quantitative estimate of drug-likeness (QED) is 0.483. The van der Waals surface area contributed by atoms with Crippen LogP contribution in [0.2, 0.25) is 0 Å². The van der Waals surface area contributed by atoms with Crippen LogP contribution in [-0.2, 0) is 0 Å². The predicted molar refractivity (Wildman–Crippen MR) is 75.5 cm³/mol. The molecule has 0 N–H and O–H groups in total. The van der Waals surface area contributed by atoms with E-state index in [2.05, 4.69) is 23.8 Å². The van der Waals surface area contributed by atoms with Crippen LogP contribution < -0.4 is 0 Å². The number of nitrogens with zero attached hydrogens (tertiary/aromatic N) is 2. The molecule has 0 bridgehead atoms. The van der Waals surface area contributed by atoms with Crippen molar-refractivity contribution < 1.29 is 9.21 Å². The van der Waals surface area contributed by atoms with Crippen LogP contribution >= 0.6 is 11.8 Å². The molecular weight excluding hydrogens is 260 g/mol. The third kappa shape index (κ3) is 3.04. The lowest BCUT2D eigenvalue weighted by molar-refractivity contribution is 0.101. The van der Waals surface area contributed by atoms with E-state index in [0.717, 1.165) is 5.03 Å². The standard InChI is InChI=1S/C14H16N2O2S/c1-8(2)19-14-12(10(4)17)9(3)15-13(16-14)11-6-5-7-18-11/h5-8H,1-4H3. The number of carbonyl (C=O) groups is 1. The minimum absolute atomic E-state index is 0.00774. The fourth-order valence-corrected chi connectivity index (χ4v) is 2.77. The molecule has 0 fully saturated rings. The summed E-state index contributed by atoms with van der Waals surface area (Å²) >= 11 is 1.57. The van der Waals surface area contributed by atoms with E-state index >= 15 is 0 Å². The van der Waals surface area contributed by atoms with Gasteiger partial charge in [-0.15, -0.1) is 11.8 Å². The summed E-state index contributed by atoms with van der Waals surface area (Å²) in [5, 5.41) is 1.07. The molecule has 0 atom stereocenters. The van der Waals surface area contributed by atoms with Crippen molar-refractivity contribution in [2.75, 3.05) is 0 Å². The molecule has 0 unspecified atom stereocenters. The molecule has 0 saturated heterocycles. The average molecular weight is 276 g/mol. The van der Waals surface area contributed by atoms with E-state index in [9.17, 15) is 4.79 Å². The van der Waals surface area contributed by atoms with Gasteiger partial charge in [0.1, 0.15) is 5.03 Å². The normalized spacial score (nSPS) is 11.0. The zero-order chi connectivity index (χ0) is 14.0. The van der Waals surface area contributed by atoms with E-state index in [1.165, 1.54) is 0 Å². The van der Waals surface area contributed by atoms with Gasteiger partial charge in [0.05, 0.1) is 17.5 Å². The molecule has 19 heavy (non-hydrogen) atoms. The van der Waals surface area contributed by atoms with E-state index in [-0.39, 0.29) is 5.78 Å². The Balaban J connectivity index is 2.56. The van der Waals surface area contributed by atoms with Gasteiger partial charge in [-0.3, -0.25) is 4.79 Å². The number of ketones is 1. The number of rotatable bonds is 4. The molecule has 0 aliphatic heterocycles. The number of carbonyl (C=O) groups excluding carboxylic acids is 1. The fourth-order valence-electron chi connectivity index (χ4n) is 1.78. The van der Waals surface area contributed by atoms with Gasteiger partial charge in [-0.2, -0.15) is 0 Å². The van der Waals surface area contributed by atoms with Crippen LogP contribution in [0.15, 0.2) is 27.8 Å². The van der Waals surface area contributed by atoms with E-state index in [1.54, 1.807) is 31.0 Å². The Labute approximate surface area is 116 Å². The molecule has 0 spiro atoms. The number of aryl methyl sites for hydroxylation is 1. The van der Waals surface area contributed by atoms with Gasteiger partial charge in [-0.05, 0) is 26.0 Å². The van der Waals surface area contributed by atoms with Gasteiger partial charge in [-0.25, -0.2) is 9.97 Å². The first-order valence-corrected chi connectivity index (χ1v) is 6.97. The molecule has 0 aromatic carbocycles. The first kappa shape index (κ1) is 13.8. The Morgan fingerprint density at radius 2 is 2.11 bits per heavy atom. The van der Waals surface area contributed by atoms with Gasteiger partial charge in [0.15, 0.2) is 17.4 Å². The molecule has 2 aromatic heterocycles. The molecule has 4 nitrogen and oxygen atoms in total. The highest BCUT2D eigenvalue weighted by Crippen LogP contribution is 2.29. The smallest absolute Gasteiger partial charge is 0.196 e. The topological polar surface area (TPSA) is 56.0 Å². The highest BCUT2D eigenvalue weighted by Gasteiger charge is 2.18. The number of hydrogen-bond acceptors (Lipinski definition) is 5. The predicted octanol–water partition coefficient (Wildman–Crippen LogP) is 3.75. The third-order valence-corrected chi connectivity index (χ3v) is 3.49. The Kier molecular flexibility index (Phi) is 4.04. The van der Waals surface area contributed by atoms with Crippen molar-refractivity contribution in [1.29, 1.82) is 0 Å². The zero-order valence-electron chi connectivity index (χ0n) is 11.4. The SMILES string of the molecule is CC(=O)c1c(C)nc(-c2ccco2)nc1SC(C)C. The summed E-state index contributed by atoms with van der Waals surface area (Å²) in [6.45, 7) is 7.51. The lowest BCUT2D eigenvalue weighted by atomic mass is 10.2. The summed E-state index contributed by atoms with van der Waals surface area (Å²) < 4.78 is 5.32. The van der Waals surface area contributed by atoms with Crippen molar-refractivity contribution in [3.8, 4) is 11.6 Å². The van der Waals surface area contributed by atoms with Gasteiger partial charge in [0.2, 0.25) is 0 Å². The number of aromatic nitrogens is 2. The molecule has 0 amide bonds. The van der Waals surface area contributed by atoms with Gasteiger partial charge in [0.25, 0.3) is 0 Å². The maximum atomic E-state index is 11.7. The minimum atomic E-state index is -0.00774. The third-order valence-electron chi connectivity index (χ3n) is 2.50. The summed E-state index contributed by atoms with van der Waals surface area (Å²) in [7, 11) is 0. The van der Waals surface area contributed by atoms with E-state index in [0.29, 0.717) is 28.1 Å². The maximum Gasteiger partial charge on any atom is 0.196 e. The number of hydrogen-bond donors (Lipinski definition) is 0. The van der Waals surface area contributed by atoms with Crippen LogP contribution in [0.25, 0.3) is 11.6 Å². The summed E-state index contributed by atoms with van der Waals surface area (Å²) in [6.07, 6.45) is 1.59. The molecule has 0 aliphatic carbocycles. The van der Waals surface area contributed by atoms with Crippen LogP contribution in [0.1, 0.15) is 36.8 Å². The second-order valence-electron chi connectivity index (χ2n) is 4.51. The summed E-state index contributed by atoms with van der Waals surface area (Å²) in [6, 6.07) is 3.61. The maximum absolute atomic E-state index is 11.7. The van der Waals surface area contributed by atoms with Crippen molar-refractivity contribution in [3.05, 3.63) is 29.7 Å². The van der Waals surface area contributed by atoms with Gasteiger partial charge in [-0.1, -0.05) is 13.8 Å². The molecule has 0 aliphatic rings. The van der Waals surface area contributed by atoms with Crippen LogP contribution in [-0.4, -0.2) is 21.0 Å². The molecular formula is C14H16N2O2S. The van der Waals surface area contributed by atoms with E-state index < -0.39 is 0 Å². The minimum Gasteiger partial charge on any atom is -0.461 e. The highest BCUT2D eigenvalue weighted by atomic mass is 32.2. The van der Waals surface area contributed by atoms with Crippen LogP contribution in [0, 0.1) is 6.92 Å². The van der Waals surface area contributed by atoms with Crippen molar-refractivity contribution in [2.24, 2.45) is 0 Å². The lowest BCUT2D eigenvalue weighted by Crippen LogP contribution is -2.07. The molecule has 2 aromatic rings. The number of furan rings is 1. The van der Waals surface area contributed by atoms with Crippen molar-refractivity contribution in [3.63, 3.8) is 0 Å². The van der Waals surface area contributed by atoms with E-state index in [4.69, 9.17) is 4.42 Å². The number of Topliss-reactive ketones (excluding diaryl/α,β-unsaturated/α-hetero) is 1. The van der Waals surface area contributed by atoms with E-state index in [1.807, 2.05) is 13.0 Å². The fraction of sp³-hybridized carbons (Fsp3) is 0.357. The largest absolute Gasteiger partial charge is 0.461 e. The van der Waals surface area contributed by atoms with Crippen molar-refractivity contribution >= 4 is 17.5 Å². The monoisotopic (exact) mass is 276 g/mol. The lowest BCUT2D eigenvalue weighted by Gasteiger charge is -2.11. The Hall–Kier alpha value is -1.62. The highest BCUT2D eigenvalue weighted by molar-refractivity contribution is 7.99. The molecule has 0 saturated carbocycles. The molecule has 2 rings (SSSR count). The second-order valence-corrected chi connectivity index (χ2v) is 6.08. The number of thioether (sulfide) groups is 1. The Morgan fingerprint density at radius 3 is 2.63 bits per heavy atom.